The van der Waals surface area contributed by atoms with Gasteiger partial charge in [0.1, 0.15) is 11.9 Å². The van der Waals surface area contributed by atoms with Crippen LogP contribution in [0.2, 0.25) is 36.3 Å². The van der Waals surface area contributed by atoms with Gasteiger partial charge in [0.2, 0.25) is 6.17 Å². The van der Waals surface area contributed by atoms with Crippen LogP contribution in [0.3, 0.4) is 0 Å². The van der Waals surface area contributed by atoms with Crippen LogP contribution in [0.25, 0.3) is 0 Å². The first-order valence-corrected chi connectivity index (χ1v) is 29.1. The van der Waals surface area contributed by atoms with Crippen LogP contribution >= 0.6 is 17.7 Å². The average Bonchev–Trinajstić information content (AvgIpc) is 3.08. The second-order valence-corrected chi connectivity index (χ2v) is 32.8. The number of carbonyl (C=O) groups excluding carboxylic acids is 1. The summed E-state index contributed by atoms with van der Waals surface area (Å²) in [6, 6.07) is 10.7. The number of aromatic nitrogens is 1. The smallest absolute Gasteiger partial charge is 0.369 e. The van der Waals surface area contributed by atoms with Crippen molar-refractivity contribution in [1.29, 1.82) is 0 Å². The van der Waals surface area contributed by atoms with Gasteiger partial charge in [-0.15, -0.1) is 4.57 Å². The summed E-state index contributed by atoms with van der Waals surface area (Å²) >= 11 is 17.9. The average molecular weight is 871 g/mol. The molecule has 2 N–H and O–H groups in total. The summed E-state index contributed by atoms with van der Waals surface area (Å²) in [5.74, 6) is 1.39. The van der Waals surface area contributed by atoms with Crippen molar-refractivity contribution < 1.29 is 32.6 Å². The summed E-state index contributed by atoms with van der Waals surface area (Å²) in [5.41, 5.74) is -2.27. The Labute approximate surface area is 349 Å². The highest BCUT2D eigenvalue weighted by molar-refractivity contribution is 8.56. The largest absolute Gasteiger partial charge is 0.715 e. The lowest BCUT2D eigenvalue weighted by Gasteiger charge is -2.48. The highest BCUT2D eigenvalue weighted by atomic mass is 32.9. The number of aromatic hydroxyl groups is 1. The van der Waals surface area contributed by atoms with E-state index in [2.05, 4.69) is 86.9 Å². The van der Waals surface area contributed by atoms with Gasteiger partial charge < -0.3 is 45.7 Å². The molecule has 1 fully saturated rings. The van der Waals surface area contributed by atoms with Gasteiger partial charge in [-0.1, -0.05) is 79.4 Å². The number of hydrogen-bond donors (Lipinski definition) is 2. The fourth-order valence-electron chi connectivity index (χ4n) is 6.36. The van der Waals surface area contributed by atoms with E-state index in [4.69, 9.17) is 54.4 Å². The molecule has 16 heteroatoms. The van der Waals surface area contributed by atoms with E-state index < -0.39 is 40.5 Å². The number of nitrogens with one attached hydrogen (secondary N) is 1. The van der Waals surface area contributed by atoms with Crippen LogP contribution in [0.5, 0.6) is 11.6 Å². The third kappa shape index (κ3) is 11.3. The van der Waals surface area contributed by atoms with E-state index in [1.165, 1.54) is 0 Å². The molecular weight excluding hydrogens is 804 g/mol. The van der Waals surface area contributed by atoms with Crippen molar-refractivity contribution in [3.63, 3.8) is 0 Å². The van der Waals surface area contributed by atoms with Gasteiger partial charge in [-0.3, -0.25) is 4.90 Å². The molecule has 310 valence electrons. The van der Waals surface area contributed by atoms with Crippen LogP contribution in [-0.2, 0) is 37.4 Å². The van der Waals surface area contributed by atoms with Crippen LogP contribution in [0, 0.1) is 11.8 Å². The normalized spacial score (nSPS) is 17.5. The number of nitrogens with zero attached hydrogens (tertiary/aromatic N) is 3. The van der Waals surface area contributed by atoms with Crippen LogP contribution in [-0.4, -0.2) is 84.2 Å². The van der Waals surface area contributed by atoms with Gasteiger partial charge in [0.05, 0.1) is 43.0 Å². The van der Waals surface area contributed by atoms with E-state index in [1.54, 1.807) is 22.6 Å². The number of ether oxygens (including phenoxy) is 1. The van der Waals surface area contributed by atoms with Crippen molar-refractivity contribution in [2.75, 3.05) is 39.3 Å². The molecule has 2 aromatic rings. The summed E-state index contributed by atoms with van der Waals surface area (Å²) in [4.78, 5) is 17.9. The highest BCUT2D eigenvalue weighted by Crippen LogP contribution is 2.50. The lowest BCUT2D eigenvalue weighted by atomic mass is 9.99. The number of carbonyl (C=O) groups is 1. The Balaban J connectivity index is 2.30. The van der Waals surface area contributed by atoms with E-state index in [1.807, 2.05) is 55.5 Å². The zero-order valence-corrected chi connectivity index (χ0v) is 41.1. The second kappa shape index (κ2) is 18.6. The third-order valence-corrected chi connectivity index (χ3v) is 25.5. The molecule has 0 saturated carbocycles. The van der Waals surface area contributed by atoms with Crippen molar-refractivity contribution in [2.24, 2.45) is 11.8 Å². The Hall–Kier alpha value is -1.56. The molecule has 1 aliphatic heterocycles. The fraction of sp³-hybridized carbons (Fsp3) is 0.667. The number of methoxy groups -OCH3 is 1. The SMILES string of the molecule is COc1ccc(P(=S)([S-])O[C@H](CO[Si](C)(C)C(C)(C)C(C)C)[C@H](CC(N2CCC(=S)NC2=O)[n+]2ccc(N(C)C)cc2O)O[Si](C)(C)C(C)(C)C(C)C)cc1. The Kier molecular flexibility index (Phi) is 16.1. The standard InChI is InChI=1S/C39H67N4O6PS3Si2/c1-27(2)38(5,6)54(12,13)47-26-33(48-50(52,53)31-18-16-30(46-11)17-19-31)32(49-55(14,15)39(7,8)28(3)4)25-35(43-23-21-34(51)40-37(43)45)42-22-20-29(41(9)10)24-36(42)44/h16-20,22,24,27-28,32-33,35H,21,23,25-26H2,1-15H3,(H2,40,45,51,52,53)/t32-,33+,35?/m0/s1. The Morgan fingerprint density at radius 1 is 1.00 bits per heavy atom. The van der Waals surface area contributed by atoms with Crippen molar-refractivity contribution in [1.82, 2.24) is 10.2 Å². The number of hydrogen-bond acceptors (Lipinski definition) is 10. The van der Waals surface area contributed by atoms with Gasteiger partial charge in [0.25, 0.3) is 0 Å². The van der Waals surface area contributed by atoms with Gasteiger partial charge in [-0.25, -0.2) is 4.79 Å². The topological polar surface area (TPSA) is 96.6 Å². The van der Waals surface area contributed by atoms with Crippen LogP contribution in [0.4, 0.5) is 10.5 Å². The van der Waals surface area contributed by atoms with Crippen LogP contribution in [0.15, 0.2) is 42.6 Å². The molecule has 0 spiro atoms. The minimum Gasteiger partial charge on any atom is -0.715 e. The minimum atomic E-state index is -3.09. The molecule has 55 heavy (non-hydrogen) atoms. The first-order chi connectivity index (χ1) is 25.2. The molecule has 1 aliphatic rings. The first kappa shape index (κ1) is 47.8. The summed E-state index contributed by atoms with van der Waals surface area (Å²) in [7, 11) is 0.437. The molecule has 2 unspecified atom stereocenters. The lowest BCUT2D eigenvalue weighted by Crippen LogP contribution is -2.60. The molecule has 2 amide bonds. The van der Waals surface area contributed by atoms with Crippen molar-refractivity contribution in [2.45, 2.75) is 123 Å². The zero-order chi connectivity index (χ0) is 41.9. The number of pyridine rings is 1. The van der Waals surface area contributed by atoms with Crippen molar-refractivity contribution >= 4 is 80.4 Å². The van der Waals surface area contributed by atoms with E-state index in [-0.39, 0.29) is 35.0 Å². The van der Waals surface area contributed by atoms with Gasteiger partial charge >= 0.3 is 11.9 Å². The number of urea groups is 1. The van der Waals surface area contributed by atoms with E-state index in [0.29, 0.717) is 35.5 Å². The summed E-state index contributed by atoms with van der Waals surface area (Å²) < 4.78 is 28.8. The second-order valence-electron chi connectivity index (χ2n) is 17.6. The number of thiocarbonyl (C=S) groups is 1. The first-order valence-electron chi connectivity index (χ1n) is 19.2. The molecular formula is C39H67N4O6PS3Si2. The highest BCUT2D eigenvalue weighted by Gasteiger charge is 2.50. The molecule has 1 aromatic carbocycles. The Morgan fingerprint density at radius 2 is 1.56 bits per heavy atom. The fourth-order valence-corrected chi connectivity index (χ4v) is 14.2. The molecule has 10 nitrogen and oxygen atoms in total. The molecule has 1 aromatic heterocycles. The van der Waals surface area contributed by atoms with Crippen LogP contribution in [0.1, 0.15) is 74.4 Å². The quantitative estimate of drug-likeness (QED) is 0.0470. The maximum Gasteiger partial charge on any atom is 0.369 e. The molecule has 1 saturated heterocycles. The predicted molar refractivity (Wildman–Crippen MR) is 241 cm³/mol. The summed E-state index contributed by atoms with van der Waals surface area (Å²) in [6.07, 6.45) is 0.496. The minimum absolute atomic E-state index is 0.00229. The van der Waals surface area contributed by atoms with Gasteiger partial charge in [-0.2, -0.15) is 0 Å². The van der Waals surface area contributed by atoms with E-state index in [0.717, 1.165) is 11.0 Å². The number of amides is 2. The maximum atomic E-state index is 13.8. The third-order valence-electron chi connectivity index (χ3n) is 12.8. The van der Waals surface area contributed by atoms with Crippen LogP contribution < -0.4 is 24.8 Å². The zero-order valence-electron chi connectivity index (χ0n) is 35.8. The molecule has 4 atom stereocenters. The maximum absolute atomic E-state index is 13.8. The molecule has 0 aliphatic carbocycles. The van der Waals surface area contributed by atoms with Gasteiger partial charge in [0, 0.05) is 33.1 Å². The lowest BCUT2D eigenvalue weighted by molar-refractivity contribution is -0.746. The van der Waals surface area contributed by atoms with Crippen molar-refractivity contribution in [3.05, 3.63) is 42.6 Å². The molecule has 0 radical (unpaired) electrons. The van der Waals surface area contributed by atoms with Crippen molar-refractivity contribution in [3.8, 4) is 11.6 Å². The Morgan fingerprint density at radius 3 is 2.05 bits per heavy atom. The van der Waals surface area contributed by atoms with Gasteiger partial charge in [-0.05, 0) is 83.1 Å². The molecule has 0 bridgehead atoms. The predicted octanol–water partition coefficient (Wildman–Crippen LogP) is 8.64. The number of anilines is 1. The molecule has 2 heterocycles. The number of rotatable bonds is 19. The molecule has 3 rings (SSSR count). The van der Waals surface area contributed by atoms with E-state index in [9.17, 15) is 9.90 Å². The summed E-state index contributed by atoms with van der Waals surface area (Å²) in [5, 5.41) is 15.0. The monoisotopic (exact) mass is 870 g/mol. The Bertz CT molecular complexity index is 1690. The van der Waals surface area contributed by atoms with Gasteiger partial charge in [0.15, 0.2) is 22.8 Å². The number of benzene rings is 1. The van der Waals surface area contributed by atoms with E-state index >= 15 is 0 Å². The summed E-state index contributed by atoms with van der Waals surface area (Å²) in [6.45, 7) is 27.5.